The van der Waals surface area contributed by atoms with Gasteiger partial charge in [0.1, 0.15) is 12.1 Å². The Balaban J connectivity index is 1.28. The zero-order valence-electron chi connectivity index (χ0n) is 24.4. The predicted octanol–water partition coefficient (Wildman–Crippen LogP) is 2.22. The second kappa shape index (κ2) is 11.5. The number of hydrogen-bond acceptors (Lipinski definition) is 6. The third-order valence-electron chi connectivity index (χ3n) is 10.1. The molecular weight excluding hydrogens is 507 g/mol. The molecule has 0 aromatic heterocycles. The summed E-state index contributed by atoms with van der Waals surface area (Å²) in [6, 6.07) is 8.26. The molecule has 1 aromatic carbocycles. The number of benzene rings is 1. The van der Waals surface area contributed by atoms with E-state index in [1.807, 2.05) is 30.3 Å². The third kappa shape index (κ3) is 5.42. The van der Waals surface area contributed by atoms with Crippen molar-refractivity contribution in [1.82, 2.24) is 15.5 Å². The maximum atomic E-state index is 13.7. The van der Waals surface area contributed by atoms with Crippen LogP contribution in [0.5, 0.6) is 0 Å². The first kappa shape index (κ1) is 29.1. The summed E-state index contributed by atoms with van der Waals surface area (Å²) in [5.41, 5.74) is 6.66. The number of carbonyl (C=O) groups excluding carboxylic acids is 3. The molecule has 2 saturated heterocycles. The van der Waals surface area contributed by atoms with Crippen LogP contribution in [0.25, 0.3) is 0 Å². The van der Waals surface area contributed by atoms with E-state index in [0.29, 0.717) is 44.2 Å². The number of rotatable bonds is 10. The first-order valence-corrected chi connectivity index (χ1v) is 15.0. The van der Waals surface area contributed by atoms with Crippen molar-refractivity contribution in [2.24, 2.45) is 23.0 Å². The second-order valence-electron chi connectivity index (χ2n) is 13.0. The highest BCUT2D eigenvalue weighted by Gasteiger charge is 2.68. The minimum atomic E-state index is -0.735. The zero-order chi connectivity index (χ0) is 28.7. The van der Waals surface area contributed by atoms with Crippen LogP contribution in [0.15, 0.2) is 30.3 Å². The Hall–Kier alpha value is -2.43. The van der Waals surface area contributed by atoms with Crippen LogP contribution >= 0.6 is 0 Å². The predicted molar refractivity (Wildman–Crippen MR) is 153 cm³/mol. The highest BCUT2D eigenvalue weighted by atomic mass is 16.7. The summed E-state index contributed by atoms with van der Waals surface area (Å²) in [7, 11) is -0.545. The quantitative estimate of drug-likeness (QED) is 0.383. The van der Waals surface area contributed by atoms with Crippen LogP contribution < -0.4 is 16.4 Å². The average molecular weight is 553 g/mol. The van der Waals surface area contributed by atoms with Gasteiger partial charge in [0.15, 0.2) is 0 Å². The fraction of sp³-hybridized carbons (Fsp3) is 0.700. The molecule has 2 heterocycles. The van der Waals surface area contributed by atoms with E-state index in [4.69, 9.17) is 15.0 Å². The molecule has 0 spiro atoms. The van der Waals surface area contributed by atoms with Crippen LogP contribution in [-0.2, 0) is 30.1 Å². The molecule has 3 saturated carbocycles. The smallest absolute Gasteiger partial charge is 0.404 e. The third-order valence-corrected chi connectivity index (χ3v) is 10.1. The van der Waals surface area contributed by atoms with Crippen LogP contribution in [0.2, 0.25) is 0 Å². The lowest BCUT2D eigenvalue weighted by atomic mass is 9.43. The fourth-order valence-electron chi connectivity index (χ4n) is 7.76. The Morgan fingerprint density at radius 2 is 1.90 bits per heavy atom. The molecular formula is C30H45BN4O5. The summed E-state index contributed by atoms with van der Waals surface area (Å²) < 4.78 is 13.2. The largest absolute Gasteiger partial charge is 0.481 e. The molecule has 9 nitrogen and oxygen atoms in total. The van der Waals surface area contributed by atoms with Gasteiger partial charge in [-0.2, -0.15) is 0 Å². The highest BCUT2D eigenvalue weighted by Crippen LogP contribution is 2.65. The van der Waals surface area contributed by atoms with E-state index in [9.17, 15) is 14.4 Å². The minimum Gasteiger partial charge on any atom is -0.404 e. The first-order chi connectivity index (χ1) is 19.0. The van der Waals surface area contributed by atoms with Crippen LogP contribution in [0.4, 0.5) is 0 Å². The Kier molecular flexibility index (Phi) is 8.33. The summed E-state index contributed by atoms with van der Waals surface area (Å²) in [6.45, 7) is 9.22. The Morgan fingerprint density at radius 1 is 1.15 bits per heavy atom. The summed E-state index contributed by atoms with van der Waals surface area (Å²) in [5.74, 6) is 0.00298. The number of amides is 3. The van der Waals surface area contributed by atoms with E-state index in [1.165, 1.54) is 6.92 Å². The van der Waals surface area contributed by atoms with E-state index in [1.54, 1.807) is 4.90 Å². The van der Waals surface area contributed by atoms with E-state index in [0.717, 1.165) is 31.2 Å². The minimum absolute atomic E-state index is 0.0208. The maximum absolute atomic E-state index is 13.7. The van der Waals surface area contributed by atoms with Crippen molar-refractivity contribution in [3.8, 4) is 0 Å². The van der Waals surface area contributed by atoms with Gasteiger partial charge in [-0.1, -0.05) is 44.2 Å². The van der Waals surface area contributed by atoms with E-state index < -0.39 is 19.2 Å². The van der Waals surface area contributed by atoms with Gasteiger partial charge in [-0.25, -0.2) is 0 Å². The van der Waals surface area contributed by atoms with Gasteiger partial charge in [0.25, 0.3) is 0 Å². The van der Waals surface area contributed by atoms with Crippen molar-refractivity contribution in [1.29, 1.82) is 0 Å². The molecule has 3 amide bonds. The molecule has 5 fully saturated rings. The number of carbonyl (C=O) groups is 3. The topological polar surface area (TPSA) is 123 Å². The van der Waals surface area contributed by atoms with Crippen LogP contribution in [0.3, 0.4) is 0 Å². The van der Waals surface area contributed by atoms with Gasteiger partial charge in [-0.15, -0.1) is 0 Å². The summed E-state index contributed by atoms with van der Waals surface area (Å²) in [6.07, 6.45) is 5.18. The number of nitrogens with zero attached hydrogens (tertiary/aromatic N) is 1. The number of likely N-dealkylation sites (tertiary alicyclic amines) is 1. The first-order valence-electron chi connectivity index (χ1n) is 15.0. The van der Waals surface area contributed by atoms with Gasteiger partial charge in [-0.3, -0.25) is 14.4 Å². The molecule has 0 unspecified atom stereocenters. The Labute approximate surface area is 238 Å². The Bertz CT molecular complexity index is 1100. The highest BCUT2D eigenvalue weighted by molar-refractivity contribution is 6.47. The molecule has 3 aliphatic carbocycles. The fourth-order valence-corrected chi connectivity index (χ4v) is 7.76. The molecule has 40 heavy (non-hydrogen) atoms. The molecule has 218 valence electrons. The SMILES string of the molecule is CC(=O)N[C@H](Cc1ccccc1)C(=O)N1CCC[C@H]1C(=O)N[C@H](CCCN)B1O[C@H]2C[C@@H]3C[C@@H](C3(C)C)[C@]2(C)O1. The van der Waals surface area contributed by atoms with E-state index >= 15 is 0 Å². The number of hydrogen-bond donors (Lipinski definition) is 3. The molecule has 7 atom stereocenters. The van der Waals surface area contributed by atoms with Gasteiger partial charge in [0, 0.05) is 19.9 Å². The van der Waals surface area contributed by atoms with Gasteiger partial charge in [-0.05, 0) is 74.8 Å². The van der Waals surface area contributed by atoms with Crippen molar-refractivity contribution in [2.45, 2.75) is 102 Å². The van der Waals surface area contributed by atoms with Crippen molar-refractivity contribution in [3.05, 3.63) is 35.9 Å². The van der Waals surface area contributed by atoms with Crippen molar-refractivity contribution < 1.29 is 23.7 Å². The molecule has 0 radical (unpaired) electrons. The van der Waals surface area contributed by atoms with Gasteiger partial charge in [0.05, 0.1) is 17.6 Å². The normalized spacial score (nSPS) is 31.6. The molecule has 4 N–H and O–H groups in total. The van der Waals surface area contributed by atoms with Crippen molar-refractivity contribution in [3.63, 3.8) is 0 Å². The molecule has 10 heteroatoms. The lowest BCUT2D eigenvalue weighted by Gasteiger charge is -2.64. The average Bonchev–Trinajstić information content (AvgIpc) is 3.54. The van der Waals surface area contributed by atoms with Crippen molar-refractivity contribution >= 4 is 24.8 Å². The van der Waals surface area contributed by atoms with Gasteiger partial charge < -0.3 is 30.6 Å². The molecule has 1 aromatic rings. The lowest BCUT2D eigenvalue weighted by Crippen LogP contribution is -2.65. The van der Waals surface area contributed by atoms with Gasteiger partial charge >= 0.3 is 7.12 Å². The molecule has 6 rings (SSSR count). The maximum Gasteiger partial charge on any atom is 0.481 e. The zero-order valence-corrected chi connectivity index (χ0v) is 24.4. The summed E-state index contributed by atoms with van der Waals surface area (Å²) in [4.78, 5) is 41.0. The molecule has 2 aliphatic heterocycles. The van der Waals surface area contributed by atoms with E-state index in [-0.39, 0.29) is 40.8 Å². The summed E-state index contributed by atoms with van der Waals surface area (Å²) in [5, 5.41) is 6.01. The monoisotopic (exact) mass is 552 g/mol. The van der Waals surface area contributed by atoms with Gasteiger partial charge in [0.2, 0.25) is 17.7 Å². The number of nitrogens with one attached hydrogen (secondary N) is 2. The Morgan fingerprint density at radius 3 is 2.58 bits per heavy atom. The summed E-state index contributed by atoms with van der Waals surface area (Å²) >= 11 is 0. The van der Waals surface area contributed by atoms with E-state index in [2.05, 4.69) is 31.4 Å². The molecule has 5 aliphatic rings. The second-order valence-corrected chi connectivity index (χ2v) is 13.0. The van der Waals surface area contributed by atoms with Crippen LogP contribution in [-0.4, -0.2) is 72.6 Å². The van der Waals surface area contributed by atoms with Crippen molar-refractivity contribution in [2.75, 3.05) is 13.1 Å². The standard InChI is InChI=1S/C30H45BN4O5/c1-19(36)33-22(16-20-10-6-5-7-11-20)28(38)35-15-9-12-23(35)27(37)34-26(13-8-14-32)31-39-25-18-21-17-24(29(21,2)3)30(25,4)40-31/h5-7,10-11,21-26H,8-9,12-18,32H2,1-4H3,(H,33,36)(H,34,37)/t21-,22+,23-,24-,25-,26+,30-/m0/s1. The lowest BCUT2D eigenvalue weighted by molar-refractivity contribution is -0.199. The van der Waals surface area contributed by atoms with Crippen LogP contribution in [0.1, 0.15) is 71.8 Å². The number of nitrogens with two attached hydrogens (primary N) is 1. The van der Waals surface area contributed by atoms with Crippen LogP contribution in [0, 0.1) is 17.3 Å². The molecule has 2 bridgehead atoms.